The van der Waals surface area contributed by atoms with Crippen LogP contribution in [0.1, 0.15) is 11.1 Å². The van der Waals surface area contributed by atoms with Gasteiger partial charge in [-0.25, -0.2) is 9.67 Å². The van der Waals surface area contributed by atoms with Crippen molar-refractivity contribution in [3.63, 3.8) is 0 Å². The Hall–Kier alpha value is -2.63. The molecule has 0 bridgehead atoms. The van der Waals surface area contributed by atoms with Crippen LogP contribution in [0.5, 0.6) is 0 Å². The van der Waals surface area contributed by atoms with E-state index in [0.717, 1.165) is 62.9 Å². The van der Waals surface area contributed by atoms with Crippen LogP contribution in [0.25, 0.3) is 5.69 Å². The van der Waals surface area contributed by atoms with E-state index < -0.39 is 18.0 Å². The summed E-state index contributed by atoms with van der Waals surface area (Å²) in [5, 5.41) is 7.35. The van der Waals surface area contributed by atoms with Crippen molar-refractivity contribution in [2.75, 3.05) is 44.7 Å². The number of anilines is 1. The van der Waals surface area contributed by atoms with Gasteiger partial charge in [0.25, 0.3) is 0 Å². The summed E-state index contributed by atoms with van der Waals surface area (Å²) in [5.74, 6) is 1.26. The SMILES string of the molecule is NC1N=C(N2CC(N3CCOCC3)C2)c2cnn(-c3cccc(C(F)(F)F)c3)c2N1. The minimum Gasteiger partial charge on any atom is -0.379 e. The molecule has 3 N–H and O–H groups in total. The topological polar surface area (TPSA) is 83.9 Å². The molecule has 30 heavy (non-hydrogen) atoms. The van der Waals surface area contributed by atoms with Gasteiger partial charge in [-0.3, -0.25) is 10.6 Å². The predicted molar refractivity (Wildman–Crippen MR) is 104 cm³/mol. The van der Waals surface area contributed by atoms with Crippen LogP contribution >= 0.6 is 0 Å². The van der Waals surface area contributed by atoms with Crippen LogP contribution in [0.2, 0.25) is 0 Å². The second kappa shape index (κ2) is 7.25. The number of ether oxygens (including phenoxy) is 1. The third-order valence-corrected chi connectivity index (χ3v) is 5.70. The van der Waals surface area contributed by atoms with Gasteiger partial charge in [0.2, 0.25) is 0 Å². The first-order chi connectivity index (χ1) is 14.4. The number of aliphatic imine (C=N–C) groups is 1. The summed E-state index contributed by atoms with van der Waals surface area (Å²) >= 11 is 0. The average Bonchev–Trinajstić information content (AvgIpc) is 3.11. The van der Waals surface area contributed by atoms with Gasteiger partial charge in [-0.05, 0) is 18.2 Å². The second-order valence-corrected chi connectivity index (χ2v) is 7.62. The Morgan fingerprint density at radius 3 is 2.67 bits per heavy atom. The lowest BCUT2D eigenvalue weighted by Crippen LogP contribution is -2.63. The van der Waals surface area contributed by atoms with E-state index in [2.05, 4.69) is 25.2 Å². The summed E-state index contributed by atoms with van der Waals surface area (Å²) in [6.07, 6.45) is -3.50. The first-order valence-corrected chi connectivity index (χ1v) is 9.83. The largest absolute Gasteiger partial charge is 0.416 e. The first-order valence-electron chi connectivity index (χ1n) is 9.83. The van der Waals surface area contributed by atoms with Gasteiger partial charge in [0.1, 0.15) is 11.7 Å². The molecule has 4 heterocycles. The Kier molecular flexibility index (Phi) is 4.68. The molecule has 1 unspecified atom stereocenters. The number of nitrogens with one attached hydrogen (secondary N) is 1. The van der Waals surface area contributed by atoms with E-state index in [0.29, 0.717) is 17.5 Å². The van der Waals surface area contributed by atoms with E-state index in [1.165, 1.54) is 10.7 Å². The van der Waals surface area contributed by atoms with Crippen LogP contribution in [-0.2, 0) is 10.9 Å². The highest BCUT2D eigenvalue weighted by Gasteiger charge is 2.38. The fourth-order valence-electron chi connectivity index (χ4n) is 4.09. The van der Waals surface area contributed by atoms with E-state index in [1.807, 2.05) is 0 Å². The molecule has 2 aromatic rings. The van der Waals surface area contributed by atoms with Gasteiger partial charge in [-0.1, -0.05) is 6.07 Å². The molecule has 160 valence electrons. The van der Waals surface area contributed by atoms with Gasteiger partial charge >= 0.3 is 6.18 Å². The third-order valence-electron chi connectivity index (χ3n) is 5.70. The van der Waals surface area contributed by atoms with E-state index in [-0.39, 0.29) is 0 Å². The minimum atomic E-state index is -4.42. The van der Waals surface area contributed by atoms with Crippen molar-refractivity contribution in [2.24, 2.45) is 10.7 Å². The fraction of sp³-hybridized carbons (Fsp3) is 0.474. The zero-order valence-electron chi connectivity index (χ0n) is 16.1. The van der Waals surface area contributed by atoms with Crippen molar-refractivity contribution in [1.29, 1.82) is 0 Å². The average molecular weight is 421 g/mol. The van der Waals surface area contributed by atoms with Crippen LogP contribution in [-0.4, -0.2) is 77.1 Å². The number of fused-ring (bicyclic) bond motifs is 1. The number of likely N-dealkylation sites (tertiary alicyclic amines) is 1. The summed E-state index contributed by atoms with van der Waals surface area (Å²) in [6.45, 7) is 4.98. The lowest BCUT2D eigenvalue weighted by molar-refractivity contribution is -0.137. The molecule has 1 aromatic heterocycles. The molecule has 3 aliphatic heterocycles. The molecular formula is C19H22F3N7O. The van der Waals surface area contributed by atoms with Crippen molar-refractivity contribution in [3.05, 3.63) is 41.6 Å². The monoisotopic (exact) mass is 421 g/mol. The highest BCUT2D eigenvalue weighted by Crippen LogP contribution is 2.33. The Morgan fingerprint density at radius 2 is 1.93 bits per heavy atom. The van der Waals surface area contributed by atoms with Gasteiger partial charge in [0, 0.05) is 32.2 Å². The molecule has 1 aromatic carbocycles. The lowest BCUT2D eigenvalue weighted by Gasteiger charge is -2.48. The highest BCUT2D eigenvalue weighted by atomic mass is 19.4. The number of benzene rings is 1. The van der Waals surface area contributed by atoms with Gasteiger partial charge < -0.3 is 15.0 Å². The Morgan fingerprint density at radius 1 is 1.17 bits per heavy atom. The van der Waals surface area contributed by atoms with Gasteiger partial charge in [0.05, 0.1) is 36.2 Å². The second-order valence-electron chi connectivity index (χ2n) is 7.62. The molecule has 11 heteroatoms. The Labute approximate surface area is 171 Å². The van der Waals surface area contributed by atoms with Crippen molar-refractivity contribution < 1.29 is 17.9 Å². The van der Waals surface area contributed by atoms with Crippen LogP contribution in [0.4, 0.5) is 19.0 Å². The molecular weight excluding hydrogens is 399 g/mol. The van der Waals surface area contributed by atoms with E-state index in [1.54, 1.807) is 12.3 Å². The number of aromatic nitrogens is 2. The summed E-state index contributed by atoms with van der Waals surface area (Å²) in [4.78, 5) is 9.07. The normalized spacial score (nSPS) is 22.9. The molecule has 0 saturated carbocycles. The standard InChI is InChI=1S/C19H22F3N7O/c20-19(21,22)12-2-1-3-13(8-12)29-17-15(9-24-29)16(25-18(23)26-17)28-10-14(11-28)27-4-6-30-7-5-27/h1-3,8-9,14,18,26H,4-7,10-11,23H2. The maximum atomic E-state index is 13.1. The maximum Gasteiger partial charge on any atom is 0.416 e. The summed E-state index contributed by atoms with van der Waals surface area (Å²) in [6, 6.07) is 5.50. The third kappa shape index (κ3) is 3.42. The molecule has 3 aliphatic rings. The molecule has 0 aliphatic carbocycles. The highest BCUT2D eigenvalue weighted by molar-refractivity contribution is 6.04. The number of morpholine rings is 1. The van der Waals surface area contributed by atoms with Crippen molar-refractivity contribution in [3.8, 4) is 5.69 Å². The molecule has 1 atom stereocenters. The molecule has 2 saturated heterocycles. The quantitative estimate of drug-likeness (QED) is 0.761. The van der Waals surface area contributed by atoms with E-state index >= 15 is 0 Å². The lowest BCUT2D eigenvalue weighted by atomic mass is 10.0. The Balaban J connectivity index is 1.39. The van der Waals surface area contributed by atoms with Crippen LogP contribution < -0.4 is 11.1 Å². The zero-order valence-corrected chi connectivity index (χ0v) is 16.1. The van der Waals surface area contributed by atoms with E-state index in [9.17, 15) is 13.2 Å². The summed E-state index contributed by atoms with van der Waals surface area (Å²) in [7, 11) is 0. The minimum absolute atomic E-state index is 0.307. The van der Waals surface area contributed by atoms with Crippen molar-refractivity contribution in [1.82, 2.24) is 19.6 Å². The van der Waals surface area contributed by atoms with Crippen LogP contribution in [0.3, 0.4) is 0 Å². The summed E-state index contributed by atoms with van der Waals surface area (Å²) < 4.78 is 46.2. The smallest absolute Gasteiger partial charge is 0.379 e. The van der Waals surface area contributed by atoms with Gasteiger partial charge in [0.15, 0.2) is 6.29 Å². The van der Waals surface area contributed by atoms with Gasteiger partial charge in [-0.15, -0.1) is 0 Å². The predicted octanol–water partition coefficient (Wildman–Crippen LogP) is 1.32. The molecule has 2 fully saturated rings. The first kappa shape index (κ1) is 19.3. The molecule has 0 radical (unpaired) electrons. The molecule has 0 amide bonds. The molecule has 0 spiro atoms. The van der Waals surface area contributed by atoms with Crippen LogP contribution in [0, 0.1) is 0 Å². The number of amidine groups is 1. The Bertz CT molecular complexity index is 961. The molecule has 8 nitrogen and oxygen atoms in total. The van der Waals surface area contributed by atoms with Crippen LogP contribution in [0.15, 0.2) is 35.5 Å². The maximum absolute atomic E-state index is 13.1. The summed E-state index contributed by atoms with van der Waals surface area (Å²) in [5.41, 5.74) is 6.38. The number of nitrogens with zero attached hydrogens (tertiary/aromatic N) is 5. The number of nitrogens with two attached hydrogens (primary N) is 1. The zero-order chi connectivity index (χ0) is 20.9. The fourth-order valence-corrected chi connectivity index (χ4v) is 4.09. The number of halogens is 3. The number of rotatable bonds is 2. The number of hydrogen-bond acceptors (Lipinski definition) is 7. The number of alkyl halides is 3. The van der Waals surface area contributed by atoms with E-state index in [4.69, 9.17) is 10.5 Å². The van der Waals surface area contributed by atoms with Crippen molar-refractivity contribution in [2.45, 2.75) is 18.5 Å². The molecule has 5 rings (SSSR count). The number of hydrogen-bond donors (Lipinski definition) is 2. The van der Waals surface area contributed by atoms with Crippen molar-refractivity contribution >= 4 is 11.7 Å². The van der Waals surface area contributed by atoms with Gasteiger partial charge in [-0.2, -0.15) is 18.3 Å².